The molecule has 2 unspecified atom stereocenters. The van der Waals surface area contributed by atoms with Gasteiger partial charge in [-0.05, 0) is 6.07 Å². The van der Waals surface area contributed by atoms with Crippen molar-refractivity contribution in [2.75, 3.05) is 5.73 Å². The number of carbonyl (C=O) groups is 1. The van der Waals surface area contributed by atoms with Crippen molar-refractivity contribution in [3.63, 3.8) is 0 Å². The summed E-state index contributed by atoms with van der Waals surface area (Å²) >= 11 is 0. The highest BCUT2D eigenvalue weighted by Gasteiger charge is 2.27. The highest BCUT2D eigenvalue weighted by atomic mass is 19.1. The molecule has 6 heteroatoms. The molecular weight excluding hydrogens is 205 g/mol. The maximum Gasteiger partial charge on any atom is 0.335 e. The molecule has 5 N–H and O–H groups in total. The third kappa shape index (κ3) is 2.23. The summed E-state index contributed by atoms with van der Waals surface area (Å²) in [5.41, 5.74) is 4.66. The number of nitrogens with two attached hydrogens (primary N) is 1. The van der Waals surface area contributed by atoms with Crippen molar-refractivity contribution in [2.45, 2.75) is 12.2 Å². The monoisotopic (exact) mass is 215 g/mol. The average Bonchev–Trinajstić information content (AvgIpc) is 2.20. The van der Waals surface area contributed by atoms with E-state index in [9.17, 15) is 14.3 Å². The van der Waals surface area contributed by atoms with Crippen LogP contribution in [-0.2, 0) is 4.79 Å². The Balaban J connectivity index is 3.06. The molecule has 0 saturated carbocycles. The fraction of sp³-hybridized carbons (Fsp3) is 0.222. The highest BCUT2D eigenvalue weighted by molar-refractivity contribution is 5.73. The predicted octanol–water partition coefficient (Wildman–Crippen LogP) is -0.113. The lowest BCUT2D eigenvalue weighted by atomic mass is 10.0. The SMILES string of the molecule is Nc1cccc(C(O)C(O)C(=O)O)c1F. The second kappa shape index (κ2) is 4.24. The number of hydrogen-bond acceptors (Lipinski definition) is 4. The van der Waals surface area contributed by atoms with Crippen LogP contribution in [-0.4, -0.2) is 27.4 Å². The number of benzene rings is 1. The Morgan fingerprint density at radius 1 is 1.40 bits per heavy atom. The minimum atomic E-state index is -2.08. The van der Waals surface area contributed by atoms with E-state index in [2.05, 4.69) is 0 Å². The summed E-state index contributed by atoms with van der Waals surface area (Å²) in [7, 11) is 0. The Labute approximate surface area is 84.6 Å². The lowest BCUT2D eigenvalue weighted by Crippen LogP contribution is -2.28. The molecule has 5 nitrogen and oxygen atoms in total. The van der Waals surface area contributed by atoms with Gasteiger partial charge in [-0.15, -0.1) is 0 Å². The number of aliphatic carboxylic acids is 1. The molecule has 0 bridgehead atoms. The van der Waals surface area contributed by atoms with Crippen LogP contribution in [0.15, 0.2) is 18.2 Å². The largest absolute Gasteiger partial charge is 0.479 e. The zero-order valence-electron chi connectivity index (χ0n) is 7.59. The molecule has 15 heavy (non-hydrogen) atoms. The molecule has 0 aliphatic rings. The van der Waals surface area contributed by atoms with Gasteiger partial charge in [0.25, 0.3) is 0 Å². The second-order valence-corrected chi connectivity index (χ2v) is 2.98. The van der Waals surface area contributed by atoms with Crippen LogP contribution >= 0.6 is 0 Å². The molecular formula is C9H10FNO4. The summed E-state index contributed by atoms with van der Waals surface area (Å²) < 4.78 is 13.3. The van der Waals surface area contributed by atoms with Crippen LogP contribution in [0.5, 0.6) is 0 Å². The summed E-state index contributed by atoms with van der Waals surface area (Å²) in [6.07, 6.45) is -3.92. The molecule has 1 aromatic carbocycles. The summed E-state index contributed by atoms with van der Waals surface area (Å²) in [5.74, 6) is -2.56. The Hall–Kier alpha value is -1.66. The van der Waals surface area contributed by atoms with Crippen LogP contribution in [0.4, 0.5) is 10.1 Å². The quantitative estimate of drug-likeness (QED) is 0.526. The molecule has 1 rings (SSSR count). The van der Waals surface area contributed by atoms with Crippen LogP contribution in [0, 0.1) is 5.82 Å². The molecule has 0 amide bonds. The number of carboxylic acid groups (broad SMARTS) is 1. The first-order valence-corrected chi connectivity index (χ1v) is 4.08. The molecule has 0 aliphatic carbocycles. The van der Waals surface area contributed by atoms with E-state index in [-0.39, 0.29) is 11.3 Å². The fourth-order valence-electron chi connectivity index (χ4n) is 1.10. The number of anilines is 1. The van der Waals surface area contributed by atoms with E-state index in [1.807, 2.05) is 0 Å². The molecule has 0 heterocycles. The number of nitrogen functional groups attached to an aromatic ring is 1. The van der Waals surface area contributed by atoms with E-state index in [0.717, 1.165) is 6.07 Å². The van der Waals surface area contributed by atoms with Gasteiger partial charge in [0.1, 0.15) is 6.10 Å². The van der Waals surface area contributed by atoms with Gasteiger partial charge in [-0.2, -0.15) is 0 Å². The zero-order chi connectivity index (χ0) is 11.6. The van der Waals surface area contributed by atoms with Crippen molar-refractivity contribution < 1.29 is 24.5 Å². The minimum absolute atomic E-state index is 0.218. The fourth-order valence-corrected chi connectivity index (χ4v) is 1.10. The van der Waals surface area contributed by atoms with Crippen molar-refractivity contribution >= 4 is 11.7 Å². The second-order valence-electron chi connectivity index (χ2n) is 2.98. The lowest BCUT2D eigenvalue weighted by molar-refractivity contribution is -0.153. The van der Waals surface area contributed by atoms with Gasteiger partial charge in [-0.3, -0.25) is 0 Å². The average molecular weight is 215 g/mol. The summed E-state index contributed by atoms with van der Waals surface area (Å²) in [6.45, 7) is 0. The van der Waals surface area contributed by atoms with Gasteiger partial charge in [0, 0.05) is 5.56 Å². The Bertz CT molecular complexity index is 382. The first-order chi connectivity index (χ1) is 6.95. The van der Waals surface area contributed by atoms with E-state index >= 15 is 0 Å². The van der Waals surface area contributed by atoms with Crippen LogP contribution in [0.1, 0.15) is 11.7 Å². The maximum atomic E-state index is 13.3. The van der Waals surface area contributed by atoms with Gasteiger partial charge in [-0.25, -0.2) is 9.18 Å². The number of carboxylic acids is 1. The first-order valence-electron chi connectivity index (χ1n) is 4.08. The maximum absolute atomic E-state index is 13.3. The molecule has 0 saturated heterocycles. The summed E-state index contributed by atoms with van der Waals surface area (Å²) in [6, 6.07) is 3.77. The molecule has 0 aromatic heterocycles. The van der Waals surface area contributed by atoms with Gasteiger partial charge < -0.3 is 21.1 Å². The molecule has 0 radical (unpaired) electrons. The van der Waals surface area contributed by atoms with E-state index in [4.69, 9.17) is 15.9 Å². The number of hydrogen-bond donors (Lipinski definition) is 4. The highest BCUT2D eigenvalue weighted by Crippen LogP contribution is 2.23. The number of aliphatic hydroxyl groups is 2. The van der Waals surface area contributed by atoms with E-state index in [1.165, 1.54) is 12.1 Å². The topological polar surface area (TPSA) is 104 Å². The van der Waals surface area contributed by atoms with Gasteiger partial charge in [0.05, 0.1) is 5.69 Å². The van der Waals surface area contributed by atoms with Crippen molar-refractivity contribution in [3.05, 3.63) is 29.6 Å². The van der Waals surface area contributed by atoms with E-state index < -0.39 is 24.0 Å². The molecule has 0 aliphatic heterocycles. The summed E-state index contributed by atoms with van der Waals surface area (Å²) in [5, 5.41) is 26.8. The minimum Gasteiger partial charge on any atom is -0.479 e. The molecule has 2 atom stereocenters. The van der Waals surface area contributed by atoms with Crippen molar-refractivity contribution in [2.24, 2.45) is 0 Å². The van der Waals surface area contributed by atoms with Gasteiger partial charge in [0.15, 0.2) is 11.9 Å². The third-order valence-electron chi connectivity index (χ3n) is 1.93. The van der Waals surface area contributed by atoms with Crippen molar-refractivity contribution in [3.8, 4) is 0 Å². The Morgan fingerprint density at radius 2 is 2.00 bits per heavy atom. The van der Waals surface area contributed by atoms with Crippen LogP contribution in [0.2, 0.25) is 0 Å². The van der Waals surface area contributed by atoms with Crippen LogP contribution in [0.25, 0.3) is 0 Å². The first kappa shape index (κ1) is 11.4. The zero-order valence-corrected chi connectivity index (χ0v) is 7.59. The normalized spacial score (nSPS) is 14.6. The van der Waals surface area contributed by atoms with Gasteiger partial charge in [0.2, 0.25) is 0 Å². The smallest absolute Gasteiger partial charge is 0.335 e. The van der Waals surface area contributed by atoms with Gasteiger partial charge in [-0.1, -0.05) is 12.1 Å². The van der Waals surface area contributed by atoms with Crippen LogP contribution < -0.4 is 5.73 Å². The Kier molecular flexibility index (Phi) is 3.23. The van der Waals surface area contributed by atoms with E-state index in [1.54, 1.807) is 0 Å². The molecule has 82 valence electrons. The molecule has 1 aromatic rings. The number of aliphatic hydroxyl groups excluding tert-OH is 2. The predicted molar refractivity (Wildman–Crippen MR) is 49.4 cm³/mol. The standard InChI is InChI=1S/C9H10FNO4/c10-6-4(2-1-3-5(6)11)7(12)8(13)9(14)15/h1-3,7-8,12-13H,11H2,(H,14,15). The van der Waals surface area contributed by atoms with Crippen molar-refractivity contribution in [1.29, 1.82) is 0 Å². The Morgan fingerprint density at radius 3 is 2.53 bits per heavy atom. The summed E-state index contributed by atoms with van der Waals surface area (Å²) in [4.78, 5) is 10.3. The van der Waals surface area contributed by atoms with Gasteiger partial charge >= 0.3 is 5.97 Å². The van der Waals surface area contributed by atoms with Crippen molar-refractivity contribution in [1.82, 2.24) is 0 Å². The molecule has 0 fully saturated rings. The number of rotatable bonds is 3. The lowest BCUT2D eigenvalue weighted by Gasteiger charge is -2.15. The molecule has 0 spiro atoms. The van der Waals surface area contributed by atoms with Crippen LogP contribution in [0.3, 0.4) is 0 Å². The van der Waals surface area contributed by atoms with E-state index in [0.29, 0.717) is 0 Å². The third-order valence-corrected chi connectivity index (χ3v) is 1.93. The number of halogens is 1.